The number of carbonyl (C=O) groups is 1. The van der Waals surface area contributed by atoms with Gasteiger partial charge in [-0.25, -0.2) is 4.79 Å². The number of rotatable bonds is 4. The monoisotopic (exact) mass is 369 g/mol. The first kappa shape index (κ1) is 17.0. The highest BCUT2D eigenvalue weighted by atomic mass is 79.9. The van der Waals surface area contributed by atoms with Gasteiger partial charge in [-0.15, -0.1) is 0 Å². The first-order valence-electron chi connectivity index (χ1n) is 5.68. The molecule has 0 saturated heterocycles. The van der Waals surface area contributed by atoms with E-state index in [1.54, 1.807) is 0 Å². The molecular formula is C12H21Br2NO2. The predicted molar refractivity (Wildman–Crippen MR) is 78.5 cm³/mol. The summed E-state index contributed by atoms with van der Waals surface area (Å²) in [4.78, 5) is 11.7. The van der Waals surface area contributed by atoms with Crippen LogP contribution in [0.5, 0.6) is 0 Å². The molecule has 17 heavy (non-hydrogen) atoms. The van der Waals surface area contributed by atoms with Gasteiger partial charge in [0.15, 0.2) is 0 Å². The molecule has 2 atom stereocenters. The third kappa shape index (κ3) is 8.66. The Kier molecular flexibility index (Phi) is 7.40. The lowest BCUT2D eigenvalue weighted by atomic mass is 10.00. The lowest BCUT2D eigenvalue weighted by molar-refractivity contribution is 0.0501. The van der Waals surface area contributed by atoms with Gasteiger partial charge < -0.3 is 10.1 Å². The Labute approximate surface area is 121 Å². The van der Waals surface area contributed by atoms with Crippen molar-refractivity contribution in [2.24, 2.45) is 5.92 Å². The highest BCUT2D eigenvalue weighted by Crippen LogP contribution is 2.19. The fourth-order valence-electron chi connectivity index (χ4n) is 1.18. The van der Waals surface area contributed by atoms with Crippen LogP contribution in [0.1, 0.15) is 41.0 Å². The van der Waals surface area contributed by atoms with Gasteiger partial charge in [0.05, 0.1) is 9.43 Å². The number of halogens is 2. The van der Waals surface area contributed by atoms with Gasteiger partial charge in [0.2, 0.25) is 0 Å². The summed E-state index contributed by atoms with van der Waals surface area (Å²) in [5.41, 5.74) is -0.473. The minimum Gasteiger partial charge on any atom is -0.444 e. The van der Waals surface area contributed by atoms with Gasteiger partial charge in [0, 0.05) is 0 Å². The molecule has 0 fully saturated rings. The number of nitrogens with one attached hydrogen (secondary N) is 1. The van der Waals surface area contributed by atoms with Crippen molar-refractivity contribution >= 4 is 38.0 Å². The number of hydrogen-bond donors (Lipinski definition) is 1. The van der Waals surface area contributed by atoms with Gasteiger partial charge in [-0.1, -0.05) is 20.3 Å². The number of hydrogen-bond acceptors (Lipinski definition) is 2. The van der Waals surface area contributed by atoms with Crippen LogP contribution >= 0.6 is 31.9 Å². The van der Waals surface area contributed by atoms with E-state index >= 15 is 0 Å². The fraction of sp³-hybridized carbons (Fsp3) is 0.750. The van der Waals surface area contributed by atoms with E-state index in [9.17, 15) is 4.79 Å². The minimum atomic E-state index is -0.473. The Bertz CT molecular complexity index is 281. The summed E-state index contributed by atoms with van der Waals surface area (Å²) >= 11 is 6.62. The topological polar surface area (TPSA) is 38.3 Å². The van der Waals surface area contributed by atoms with Crippen LogP contribution in [-0.4, -0.2) is 17.7 Å². The van der Waals surface area contributed by atoms with Crippen LogP contribution in [0.2, 0.25) is 0 Å². The van der Waals surface area contributed by atoms with Crippen LogP contribution < -0.4 is 5.32 Å². The standard InChI is InChI=1S/C12H21Br2NO2/c1-6-8(2)9(7-10(13)14)15-11(16)17-12(3,4)5/h7-9H,6H2,1-5H3,(H,15,16)/t8?,9-/m1/s1. The number of ether oxygens (including phenoxy) is 1. The summed E-state index contributed by atoms with van der Waals surface area (Å²) < 4.78 is 6.06. The van der Waals surface area contributed by atoms with Gasteiger partial charge in [-0.05, 0) is 64.6 Å². The summed E-state index contributed by atoms with van der Waals surface area (Å²) in [6.07, 6.45) is 2.50. The Balaban J connectivity index is 4.55. The van der Waals surface area contributed by atoms with Crippen LogP contribution in [0.4, 0.5) is 4.79 Å². The molecule has 5 heteroatoms. The molecule has 0 spiro atoms. The third-order valence-electron chi connectivity index (χ3n) is 2.25. The maximum atomic E-state index is 11.7. The maximum absolute atomic E-state index is 11.7. The molecule has 0 aromatic heterocycles. The van der Waals surface area contributed by atoms with E-state index in [4.69, 9.17) is 4.74 Å². The predicted octanol–water partition coefficient (Wildman–Crippen LogP) is 4.56. The first-order valence-corrected chi connectivity index (χ1v) is 7.26. The van der Waals surface area contributed by atoms with Crippen molar-refractivity contribution in [2.75, 3.05) is 0 Å². The van der Waals surface area contributed by atoms with Crippen LogP contribution in [0.3, 0.4) is 0 Å². The molecule has 3 nitrogen and oxygen atoms in total. The van der Waals surface area contributed by atoms with E-state index in [1.165, 1.54) is 0 Å². The highest BCUT2D eigenvalue weighted by Gasteiger charge is 2.21. The van der Waals surface area contributed by atoms with E-state index in [-0.39, 0.29) is 12.1 Å². The second-order valence-electron chi connectivity index (χ2n) is 5.01. The molecule has 0 radical (unpaired) electrons. The average molecular weight is 371 g/mol. The van der Waals surface area contributed by atoms with Crippen molar-refractivity contribution in [3.05, 3.63) is 9.47 Å². The molecule has 1 amide bonds. The van der Waals surface area contributed by atoms with Crippen LogP contribution in [0.15, 0.2) is 9.47 Å². The zero-order valence-corrected chi connectivity index (χ0v) is 14.2. The van der Waals surface area contributed by atoms with E-state index in [2.05, 4.69) is 51.0 Å². The summed E-state index contributed by atoms with van der Waals surface area (Å²) in [6, 6.07) is -0.0522. The van der Waals surface area contributed by atoms with Gasteiger partial charge in [-0.3, -0.25) is 0 Å². The molecule has 100 valence electrons. The molecular weight excluding hydrogens is 350 g/mol. The zero-order valence-electron chi connectivity index (χ0n) is 11.0. The van der Waals surface area contributed by atoms with Crippen molar-refractivity contribution < 1.29 is 9.53 Å². The van der Waals surface area contributed by atoms with E-state index in [1.807, 2.05) is 26.8 Å². The van der Waals surface area contributed by atoms with E-state index in [0.717, 1.165) is 9.81 Å². The summed E-state index contributed by atoms with van der Waals surface area (Å²) in [5, 5.41) is 2.86. The molecule has 1 unspecified atom stereocenters. The Hall–Kier alpha value is -0.0300. The molecule has 0 aliphatic carbocycles. The number of alkyl carbamates (subject to hydrolysis) is 1. The molecule has 1 N–H and O–H groups in total. The van der Waals surface area contributed by atoms with Crippen LogP contribution in [-0.2, 0) is 4.74 Å². The van der Waals surface area contributed by atoms with E-state index in [0.29, 0.717) is 5.92 Å². The molecule has 0 aromatic carbocycles. The lowest BCUT2D eigenvalue weighted by Crippen LogP contribution is -2.41. The Morgan fingerprint density at radius 1 is 1.41 bits per heavy atom. The molecule has 0 saturated carbocycles. The number of carbonyl (C=O) groups excluding carboxylic acids is 1. The van der Waals surface area contributed by atoms with Crippen LogP contribution in [0.25, 0.3) is 0 Å². The van der Waals surface area contributed by atoms with Gasteiger partial charge in [-0.2, -0.15) is 0 Å². The SMILES string of the molecule is CCC(C)[C@@H](C=C(Br)Br)NC(=O)OC(C)(C)C. The van der Waals surface area contributed by atoms with Crippen molar-refractivity contribution in [2.45, 2.75) is 52.7 Å². The number of amides is 1. The van der Waals surface area contributed by atoms with Crippen LogP contribution in [0, 0.1) is 5.92 Å². The first-order chi connectivity index (χ1) is 7.65. The lowest BCUT2D eigenvalue weighted by Gasteiger charge is -2.25. The average Bonchev–Trinajstić information content (AvgIpc) is 2.11. The quantitative estimate of drug-likeness (QED) is 0.787. The van der Waals surface area contributed by atoms with Crippen molar-refractivity contribution in [1.82, 2.24) is 5.32 Å². The molecule has 0 aliphatic heterocycles. The van der Waals surface area contributed by atoms with E-state index < -0.39 is 5.60 Å². The Morgan fingerprint density at radius 2 is 1.94 bits per heavy atom. The summed E-state index contributed by atoms with van der Waals surface area (Å²) in [6.45, 7) is 9.72. The highest BCUT2D eigenvalue weighted by molar-refractivity contribution is 9.28. The Morgan fingerprint density at radius 3 is 2.29 bits per heavy atom. The van der Waals surface area contributed by atoms with Gasteiger partial charge in [0.1, 0.15) is 5.60 Å². The molecule has 0 aromatic rings. The minimum absolute atomic E-state index is 0.0522. The van der Waals surface area contributed by atoms with Crippen molar-refractivity contribution in [3.63, 3.8) is 0 Å². The normalized spacial score (nSPS) is 14.8. The smallest absolute Gasteiger partial charge is 0.408 e. The zero-order chi connectivity index (χ0) is 13.6. The molecule has 0 aliphatic rings. The maximum Gasteiger partial charge on any atom is 0.408 e. The second-order valence-corrected chi connectivity index (χ2v) is 7.79. The molecule has 0 heterocycles. The van der Waals surface area contributed by atoms with Crippen molar-refractivity contribution in [3.8, 4) is 0 Å². The third-order valence-corrected chi connectivity index (χ3v) is 2.77. The van der Waals surface area contributed by atoms with Crippen molar-refractivity contribution in [1.29, 1.82) is 0 Å². The molecule has 0 bridgehead atoms. The summed E-state index contributed by atoms with van der Waals surface area (Å²) in [5.74, 6) is 0.340. The van der Waals surface area contributed by atoms with Gasteiger partial charge in [0.25, 0.3) is 0 Å². The largest absolute Gasteiger partial charge is 0.444 e. The van der Waals surface area contributed by atoms with Gasteiger partial charge >= 0.3 is 6.09 Å². The molecule has 0 rings (SSSR count). The summed E-state index contributed by atoms with van der Waals surface area (Å²) in [7, 11) is 0. The second kappa shape index (κ2) is 7.41. The fourth-order valence-corrected chi connectivity index (χ4v) is 1.75.